The Morgan fingerprint density at radius 3 is 2.22 bits per heavy atom. The van der Waals surface area contributed by atoms with Crippen LogP contribution in [-0.2, 0) is 0 Å². The Labute approximate surface area is 58.2 Å². The van der Waals surface area contributed by atoms with Gasteiger partial charge in [-0.1, -0.05) is 20.8 Å². The molecule has 0 aliphatic heterocycles. The largest absolute Gasteiger partial charge is 0.298 e. The number of hydrogen-bond donors (Lipinski definition) is 0. The summed E-state index contributed by atoms with van der Waals surface area (Å²) in [6.45, 7) is 9.64. The maximum absolute atomic E-state index is 4.17. The summed E-state index contributed by atoms with van der Waals surface area (Å²) in [5.74, 6) is 1.48. The van der Waals surface area contributed by atoms with Gasteiger partial charge in [0.1, 0.15) is 0 Å². The zero-order valence-corrected chi connectivity index (χ0v) is 6.89. The van der Waals surface area contributed by atoms with Gasteiger partial charge in [-0.2, -0.15) is 0 Å². The van der Waals surface area contributed by atoms with Gasteiger partial charge in [-0.05, 0) is 25.0 Å². The Bertz CT molecular complexity index is 84.6. The van der Waals surface area contributed by atoms with Gasteiger partial charge in [-0.25, -0.2) is 0 Å². The molecule has 1 nitrogen and oxygen atoms in total. The third-order valence-electron chi connectivity index (χ3n) is 1.71. The van der Waals surface area contributed by atoms with Crippen molar-refractivity contribution in [2.45, 2.75) is 27.7 Å². The third-order valence-corrected chi connectivity index (χ3v) is 1.71. The highest BCUT2D eigenvalue weighted by Gasteiger charge is 2.03. The molecule has 0 heterocycles. The van der Waals surface area contributed by atoms with Gasteiger partial charge in [0.05, 0.1) is 0 Å². The van der Waals surface area contributed by atoms with Crippen molar-refractivity contribution in [2.75, 3.05) is 6.54 Å². The molecule has 0 aromatic rings. The molecule has 0 saturated carbocycles. The number of nitrogens with zero attached hydrogens (tertiary/aromatic N) is 1. The minimum Gasteiger partial charge on any atom is -0.298 e. The van der Waals surface area contributed by atoms with Crippen LogP contribution in [0.5, 0.6) is 0 Å². The Balaban J connectivity index is 3.38. The Kier molecular flexibility index (Phi) is 4.37. The summed E-state index contributed by atoms with van der Waals surface area (Å²) in [5.41, 5.74) is 0. The molecular formula is C8H17N. The van der Waals surface area contributed by atoms with Crippen molar-refractivity contribution in [3.8, 4) is 0 Å². The van der Waals surface area contributed by atoms with E-state index in [2.05, 4.69) is 25.8 Å². The van der Waals surface area contributed by atoms with Crippen molar-refractivity contribution in [1.82, 2.24) is 0 Å². The first-order valence-electron chi connectivity index (χ1n) is 3.63. The van der Waals surface area contributed by atoms with Crippen LogP contribution >= 0.6 is 0 Å². The summed E-state index contributed by atoms with van der Waals surface area (Å²) < 4.78 is 0. The number of aliphatic imine (C=N–C) groups is 1. The van der Waals surface area contributed by atoms with Crippen molar-refractivity contribution >= 4 is 6.21 Å². The van der Waals surface area contributed by atoms with Crippen molar-refractivity contribution < 1.29 is 0 Å². The molecule has 0 fully saturated rings. The summed E-state index contributed by atoms with van der Waals surface area (Å²) in [5, 5.41) is 0. The molecule has 9 heavy (non-hydrogen) atoms. The fourth-order valence-electron chi connectivity index (χ4n) is 0.482. The molecule has 0 rings (SSSR count). The number of rotatable bonds is 3. The normalized spacial score (nSPS) is 15.2. The zero-order chi connectivity index (χ0) is 7.28. The Hall–Kier alpha value is -0.330. The first-order chi connectivity index (χ1) is 4.18. The van der Waals surface area contributed by atoms with Crippen LogP contribution in [-0.4, -0.2) is 12.8 Å². The van der Waals surface area contributed by atoms with Gasteiger partial charge < -0.3 is 0 Å². The Morgan fingerprint density at radius 1 is 1.33 bits per heavy atom. The molecule has 54 valence electrons. The minimum absolute atomic E-state index is 0.723. The van der Waals surface area contributed by atoms with Crippen molar-refractivity contribution in [3.05, 3.63) is 0 Å². The van der Waals surface area contributed by atoms with Crippen LogP contribution in [0.3, 0.4) is 0 Å². The molecule has 0 N–H and O–H groups in total. The van der Waals surface area contributed by atoms with Crippen LogP contribution in [0.15, 0.2) is 4.99 Å². The number of hydrogen-bond acceptors (Lipinski definition) is 1. The second-order valence-corrected chi connectivity index (χ2v) is 2.84. The summed E-state index contributed by atoms with van der Waals surface area (Å²) in [4.78, 5) is 4.17. The molecular weight excluding hydrogens is 110 g/mol. The predicted molar refractivity (Wildman–Crippen MR) is 43.0 cm³/mol. The molecule has 1 atom stereocenters. The predicted octanol–water partition coefficient (Wildman–Crippen LogP) is 2.37. The maximum atomic E-state index is 4.17. The second-order valence-electron chi connectivity index (χ2n) is 2.84. The highest BCUT2D eigenvalue weighted by molar-refractivity contribution is 5.53. The molecule has 0 spiro atoms. The lowest BCUT2D eigenvalue weighted by atomic mass is 9.99. The van der Waals surface area contributed by atoms with Gasteiger partial charge in [0.25, 0.3) is 0 Å². The summed E-state index contributed by atoms with van der Waals surface area (Å²) in [7, 11) is 0. The van der Waals surface area contributed by atoms with E-state index in [1.54, 1.807) is 0 Å². The summed E-state index contributed by atoms with van der Waals surface area (Å²) in [6.07, 6.45) is 1.87. The first kappa shape index (κ1) is 8.67. The van der Waals surface area contributed by atoms with Crippen LogP contribution in [0.25, 0.3) is 0 Å². The highest BCUT2D eigenvalue weighted by Crippen LogP contribution is 2.08. The van der Waals surface area contributed by atoms with Gasteiger partial charge in [-0.3, -0.25) is 4.99 Å². The third kappa shape index (κ3) is 4.19. The minimum atomic E-state index is 0.723. The van der Waals surface area contributed by atoms with Gasteiger partial charge >= 0.3 is 0 Å². The SMILES string of the molecule is CC=NCC(C)C(C)C. The molecule has 1 unspecified atom stereocenters. The Morgan fingerprint density at radius 2 is 1.89 bits per heavy atom. The lowest BCUT2D eigenvalue weighted by Gasteiger charge is -2.11. The molecule has 0 bridgehead atoms. The summed E-state index contributed by atoms with van der Waals surface area (Å²) >= 11 is 0. The van der Waals surface area contributed by atoms with E-state index in [4.69, 9.17) is 0 Å². The van der Waals surface area contributed by atoms with E-state index in [0.29, 0.717) is 0 Å². The molecule has 0 aliphatic rings. The molecule has 0 aromatic heterocycles. The second kappa shape index (κ2) is 4.54. The topological polar surface area (TPSA) is 12.4 Å². The van der Waals surface area contributed by atoms with Crippen molar-refractivity contribution in [3.63, 3.8) is 0 Å². The van der Waals surface area contributed by atoms with E-state index in [1.165, 1.54) is 0 Å². The van der Waals surface area contributed by atoms with Gasteiger partial charge in [-0.15, -0.1) is 0 Å². The molecule has 0 aromatic carbocycles. The van der Waals surface area contributed by atoms with Crippen LogP contribution in [0.1, 0.15) is 27.7 Å². The lowest BCUT2D eigenvalue weighted by molar-refractivity contribution is 0.431. The van der Waals surface area contributed by atoms with Crippen LogP contribution in [0.2, 0.25) is 0 Å². The monoisotopic (exact) mass is 127 g/mol. The summed E-state index contributed by atoms with van der Waals surface area (Å²) in [6, 6.07) is 0. The first-order valence-corrected chi connectivity index (χ1v) is 3.63. The van der Waals surface area contributed by atoms with Crippen molar-refractivity contribution in [2.24, 2.45) is 16.8 Å². The van der Waals surface area contributed by atoms with Crippen molar-refractivity contribution in [1.29, 1.82) is 0 Å². The molecule has 0 amide bonds. The van der Waals surface area contributed by atoms with E-state index >= 15 is 0 Å². The quantitative estimate of drug-likeness (QED) is 0.516. The molecule has 0 aliphatic carbocycles. The van der Waals surface area contributed by atoms with E-state index in [9.17, 15) is 0 Å². The average molecular weight is 127 g/mol. The average Bonchev–Trinajstić information content (AvgIpc) is 1.82. The maximum Gasteiger partial charge on any atom is 0.0413 e. The van der Waals surface area contributed by atoms with E-state index < -0.39 is 0 Å². The fraction of sp³-hybridized carbons (Fsp3) is 0.875. The molecule has 0 radical (unpaired) electrons. The zero-order valence-electron chi connectivity index (χ0n) is 6.89. The van der Waals surface area contributed by atoms with Crippen LogP contribution in [0, 0.1) is 11.8 Å². The smallest absolute Gasteiger partial charge is 0.0413 e. The standard InChI is InChI=1S/C8H17N/c1-5-9-6-8(4)7(2)3/h5,7-8H,6H2,1-4H3. The van der Waals surface area contributed by atoms with E-state index in [0.717, 1.165) is 18.4 Å². The van der Waals surface area contributed by atoms with Gasteiger partial charge in [0.15, 0.2) is 0 Å². The molecule has 0 saturated heterocycles. The van der Waals surface area contributed by atoms with E-state index in [-0.39, 0.29) is 0 Å². The lowest BCUT2D eigenvalue weighted by Crippen LogP contribution is -2.06. The fourth-order valence-corrected chi connectivity index (χ4v) is 0.482. The van der Waals surface area contributed by atoms with Gasteiger partial charge in [0.2, 0.25) is 0 Å². The van der Waals surface area contributed by atoms with Crippen LogP contribution < -0.4 is 0 Å². The van der Waals surface area contributed by atoms with E-state index in [1.807, 2.05) is 13.1 Å². The van der Waals surface area contributed by atoms with Gasteiger partial charge in [0, 0.05) is 6.54 Å². The highest BCUT2D eigenvalue weighted by atomic mass is 14.7. The van der Waals surface area contributed by atoms with Crippen LogP contribution in [0.4, 0.5) is 0 Å². The molecule has 1 heteroatoms.